The maximum absolute atomic E-state index is 12.7. The maximum atomic E-state index is 12.7. The molecule has 0 spiro atoms. The summed E-state index contributed by atoms with van der Waals surface area (Å²) in [5.74, 6) is 0.886. The highest BCUT2D eigenvalue weighted by atomic mass is 35.5. The van der Waals surface area contributed by atoms with Gasteiger partial charge in [-0.15, -0.1) is 12.4 Å². The summed E-state index contributed by atoms with van der Waals surface area (Å²) in [5, 5.41) is 3.65. The van der Waals surface area contributed by atoms with E-state index in [9.17, 15) is 8.42 Å². The van der Waals surface area contributed by atoms with Gasteiger partial charge in [-0.2, -0.15) is 4.31 Å². The van der Waals surface area contributed by atoms with Gasteiger partial charge in [-0.3, -0.25) is 0 Å². The van der Waals surface area contributed by atoms with E-state index < -0.39 is 10.0 Å². The van der Waals surface area contributed by atoms with Crippen LogP contribution >= 0.6 is 24.0 Å². The Morgan fingerprint density at radius 3 is 2.45 bits per heavy atom. The monoisotopic (exact) mass is 336 g/mol. The van der Waals surface area contributed by atoms with Crippen LogP contribution < -0.4 is 5.32 Å². The molecule has 112 valence electrons. The molecule has 0 aromatic heterocycles. The highest BCUT2D eigenvalue weighted by Gasteiger charge is 2.42. The molecular formula is C13H18Cl2N2O2S. The number of aryl methyl sites for hydroxylation is 1. The Labute approximate surface area is 131 Å². The number of halogens is 2. The largest absolute Gasteiger partial charge is 0.316 e. The predicted molar refractivity (Wildman–Crippen MR) is 82.0 cm³/mol. The van der Waals surface area contributed by atoms with Gasteiger partial charge in [0.05, 0.1) is 5.02 Å². The second-order valence-electron chi connectivity index (χ2n) is 5.39. The van der Waals surface area contributed by atoms with Gasteiger partial charge in [-0.1, -0.05) is 23.7 Å². The van der Waals surface area contributed by atoms with E-state index in [2.05, 4.69) is 5.32 Å². The summed E-state index contributed by atoms with van der Waals surface area (Å²) in [6.07, 6.45) is 0. The van der Waals surface area contributed by atoms with Crippen molar-refractivity contribution in [2.75, 3.05) is 26.2 Å². The maximum Gasteiger partial charge on any atom is 0.244 e. The van der Waals surface area contributed by atoms with E-state index in [1.807, 2.05) is 13.0 Å². The number of rotatable bonds is 2. The van der Waals surface area contributed by atoms with E-state index in [0.717, 1.165) is 18.7 Å². The van der Waals surface area contributed by atoms with Crippen LogP contribution in [0.3, 0.4) is 0 Å². The number of sulfonamides is 1. The summed E-state index contributed by atoms with van der Waals surface area (Å²) in [6.45, 7) is 4.86. The fourth-order valence-corrected chi connectivity index (χ4v) is 5.08. The summed E-state index contributed by atoms with van der Waals surface area (Å²) >= 11 is 6.16. The van der Waals surface area contributed by atoms with Gasteiger partial charge in [0.25, 0.3) is 0 Å². The van der Waals surface area contributed by atoms with Gasteiger partial charge in [0.2, 0.25) is 10.0 Å². The SMILES string of the molecule is Cc1cccc(S(=O)(=O)N2C[C@H]3CNC[C@H]3C2)c1Cl.Cl. The van der Waals surface area contributed by atoms with Crippen molar-refractivity contribution >= 4 is 34.0 Å². The quantitative estimate of drug-likeness (QED) is 0.897. The van der Waals surface area contributed by atoms with Crippen LogP contribution in [-0.2, 0) is 10.0 Å². The third-order valence-electron chi connectivity index (χ3n) is 4.13. The standard InChI is InChI=1S/C13H17ClN2O2S.ClH/c1-9-3-2-4-12(13(9)14)19(17,18)16-7-10-5-15-6-11(10)8-16;/h2-4,10-11,15H,5-8H2,1H3;1H/t10-,11+;. The lowest BCUT2D eigenvalue weighted by atomic mass is 10.0. The van der Waals surface area contributed by atoms with Crippen LogP contribution in [0.15, 0.2) is 23.1 Å². The Kier molecular flexibility index (Phi) is 4.66. The van der Waals surface area contributed by atoms with Gasteiger partial charge in [-0.25, -0.2) is 8.42 Å². The van der Waals surface area contributed by atoms with Crippen LogP contribution in [0.1, 0.15) is 5.56 Å². The Hall–Kier alpha value is -0.330. The molecule has 1 aromatic carbocycles. The zero-order chi connectivity index (χ0) is 13.6. The van der Waals surface area contributed by atoms with Crippen LogP contribution in [0.4, 0.5) is 0 Å². The van der Waals surface area contributed by atoms with E-state index in [0.29, 0.717) is 29.9 Å². The summed E-state index contributed by atoms with van der Waals surface area (Å²) in [5.41, 5.74) is 0.795. The van der Waals surface area contributed by atoms with Crippen LogP contribution in [0.25, 0.3) is 0 Å². The van der Waals surface area contributed by atoms with Crippen LogP contribution in [-0.4, -0.2) is 38.9 Å². The molecule has 1 N–H and O–H groups in total. The molecular weight excluding hydrogens is 319 g/mol. The van der Waals surface area contributed by atoms with E-state index in [1.165, 1.54) is 0 Å². The molecule has 2 aliphatic rings. The Balaban J connectivity index is 0.00000147. The average molecular weight is 337 g/mol. The third-order valence-corrected chi connectivity index (χ3v) is 6.62. The fourth-order valence-electron chi connectivity index (χ4n) is 2.97. The van der Waals surface area contributed by atoms with Crippen molar-refractivity contribution in [1.29, 1.82) is 0 Å². The van der Waals surface area contributed by atoms with E-state index >= 15 is 0 Å². The molecule has 2 saturated heterocycles. The Bertz CT molecular complexity index is 594. The molecule has 2 aliphatic heterocycles. The number of fused-ring (bicyclic) bond motifs is 1. The first-order valence-electron chi connectivity index (χ1n) is 6.46. The number of hydrogen-bond donors (Lipinski definition) is 1. The topological polar surface area (TPSA) is 49.4 Å². The van der Waals surface area contributed by atoms with Crippen molar-refractivity contribution in [1.82, 2.24) is 9.62 Å². The molecule has 7 heteroatoms. The predicted octanol–water partition coefficient (Wildman–Crippen LogP) is 1.91. The summed E-state index contributed by atoms with van der Waals surface area (Å²) in [7, 11) is -3.46. The minimum absolute atomic E-state index is 0. The number of benzene rings is 1. The number of hydrogen-bond acceptors (Lipinski definition) is 3. The van der Waals surface area contributed by atoms with Gasteiger partial charge in [0, 0.05) is 13.1 Å². The molecule has 20 heavy (non-hydrogen) atoms. The summed E-state index contributed by atoms with van der Waals surface area (Å²) in [6, 6.07) is 5.16. The summed E-state index contributed by atoms with van der Waals surface area (Å²) in [4.78, 5) is 0.238. The minimum atomic E-state index is -3.46. The lowest BCUT2D eigenvalue weighted by molar-refractivity contribution is 0.448. The lowest BCUT2D eigenvalue weighted by Crippen LogP contribution is -2.32. The molecule has 0 amide bonds. The van der Waals surface area contributed by atoms with Crippen molar-refractivity contribution in [2.24, 2.45) is 11.8 Å². The molecule has 0 aliphatic carbocycles. The highest BCUT2D eigenvalue weighted by Crippen LogP contribution is 2.33. The second kappa shape index (κ2) is 5.81. The van der Waals surface area contributed by atoms with E-state index in [1.54, 1.807) is 16.4 Å². The van der Waals surface area contributed by atoms with Crippen molar-refractivity contribution < 1.29 is 8.42 Å². The normalized spacial score (nSPS) is 26.3. The van der Waals surface area contributed by atoms with Crippen molar-refractivity contribution in [3.05, 3.63) is 28.8 Å². The summed E-state index contributed by atoms with van der Waals surface area (Å²) < 4.78 is 26.9. The van der Waals surface area contributed by atoms with Gasteiger partial charge in [0.1, 0.15) is 4.90 Å². The van der Waals surface area contributed by atoms with E-state index in [-0.39, 0.29) is 17.3 Å². The third kappa shape index (κ3) is 2.57. The second-order valence-corrected chi connectivity index (χ2v) is 7.67. The van der Waals surface area contributed by atoms with Gasteiger partial charge in [0.15, 0.2) is 0 Å². The van der Waals surface area contributed by atoms with Gasteiger partial charge in [-0.05, 0) is 43.5 Å². The molecule has 2 heterocycles. The average Bonchev–Trinajstić information content (AvgIpc) is 2.92. The first-order valence-corrected chi connectivity index (χ1v) is 8.28. The fraction of sp³-hybridized carbons (Fsp3) is 0.538. The Morgan fingerprint density at radius 2 is 1.85 bits per heavy atom. The molecule has 2 atom stereocenters. The zero-order valence-corrected chi connectivity index (χ0v) is 13.6. The molecule has 0 radical (unpaired) electrons. The molecule has 0 bridgehead atoms. The first-order chi connectivity index (χ1) is 9.00. The van der Waals surface area contributed by atoms with Crippen LogP contribution in [0.2, 0.25) is 5.02 Å². The number of nitrogens with zero attached hydrogens (tertiary/aromatic N) is 1. The molecule has 2 fully saturated rings. The van der Waals surface area contributed by atoms with Gasteiger partial charge >= 0.3 is 0 Å². The van der Waals surface area contributed by atoms with Crippen LogP contribution in [0.5, 0.6) is 0 Å². The molecule has 0 saturated carbocycles. The van der Waals surface area contributed by atoms with Crippen molar-refractivity contribution in [3.8, 4) is 0 Å². The molecule has 0 unspecified atom stereocenters. The van der Waals surface area contributed by atoms with Crippen molar-refractivity contribution in [3.63, 3.8) is 0 Å². The molecule has 3 rings (SSSR count). The zero-order valence-electron chi connectivity index (χ0n) is 11.2. The Morgan fingerprint density at radius 1 is 1.25 bits per heavy atom. The minimum Gasteiger partial charge on any atom is -0.316 e. The van der Waals surface area contributed by atoms with Crippen LogP contribution in [0, 0.1) is 18.8 Å². The lowest BCUT2D eigenvalue weighted by Gasteiger charge is -2.18. The molecule has 1 aromatic rings. The highest BCUT2D eigenvalue weighted by molar-refractivity contribution is 7.89. The molecule has 4 nitrogen and oxygen atoms in total. The number of nitrogens with one attached hydrogen (secondary N) is 1. The van der Waals surface area contributed by atoms with Crippen molar-refractivity contribution in [2.45, 2.75) is 11.8 Å². The first kappa shape index (κ1) is 16.0. The van der Waals surface area contributed by atoms with Gasteiger partial charge < -0.3 is 5.32 Å². The van der Waals surface area contributed by atoms with E-state index in [4.69, 9.17) is 11.6 Å². The smallest absolute Gasteiger partial charge is 0.244 e.